The third-order valence-corrected chi connectivity index (χ3v) is 3.08. The molecule has 0 bridgehead atoms. The van der Waals surface area contributed by atoms with Crippen LogP contribution >= 0.6 is 0 Å². The van der Waals surface area contributed by atoms with Gasteiger partial charge in [0.1, 0.15) is 5.75 Å². The number of rotatable bonds is 4. The maximum atomic E-state index is 5.72. The van der Waals surface area contributed by atoms with Gasteiger partial charge in [0, 0.05) is 18.7 Å². The zero-order valence-electron chi connectivity index (χ0n) is 11.1. The number of hydrogen-bond donors (Lipinski definition) is 1. The van der Waals surface area contributed by atoms with Crippen LogP contribution in [0.1, 0.15) is 18.2 Å². The Morgan fingerprint density at radius 3 is 2.61 bits per heavy atom. The lowest BCUT2D eigenvalue weighted by molar-refractivity contribution is 0.414. The number of nitrogens with zero attached hydrogens (tertiary/aromatic N) is 2. The van der Waals surface area contributed by atoms with Gasteiger partial charge in [0.05, 0.1) is 18.5 Å². The fourth-order valence-corrected chi connectivity index (χ4v) is 2.08. The minimum Gasteiger partial charge on any atom is -0.497 e. The van der Waals surface area contributed by atoms with Crippen molar-refractivity contribution in [3.63, 3.8) is 0 Å². The number of aryl methyl sites for hydroxylation is 2. The summed E-state index contributed by atoms with van der Waals surface area (Å²) < 4.78 is 7.15. The molecule has 0 fully saturated rings. The van der Waals surface area contributed by atoms with E-state index in [-0.39, 0.29) is 0 Å². The second-order valence-electron chi connectivity index (χ2n) is 4.22. The van der Waals surface area contributed by atoms with Crippen LogP contribution in [0.3, 0.4) is 0 Å². The predicted molar refractivity (Wildman–Crippen MR) is 72.5 cm³/mol. The van der Waals surface area contributed by atoms with Gasteiger partial charge >= 0.3 is 0 Å². The molecule has 18 heavy (non-hydrogen) atoms. The van der Waals surface area contributed by atoms with Gasteiger partial charge < -0.3 is 10.5 Å². The molecular weight excluding hydrogens is 226 g/mol. The highest BCUT2D eigenvalue weighted by Gasteiger charge is 2.10. The van der Waals surface area contributed by atoms with Gasteiger partial charge in [0.2, 0.25) is 0 Å². The lowest BCUT2D eigenvalue weighted by atomic mass is 10.1. The zero-order valence-corrected chi connectivity index (χ0v) is 11.1. The molecule has 0 unspecified atom stereocenters. The smallest absolute Gasteiger partial charge is 0.119 e. The van der Waals surface area contributed by atoms with Crippen molar-refractivity contribution in [1.82, 2.24) is 9.78 Å². The molecule has 96 valence electrons. The molecule has 4 heteroatoms. The SMILES string of the molecule is CCn1nc(-c2ccc(OC)cc2C)cc1CN. The molecule has 2 N–H and O–H groups in total. The summed E-state index contributed by atoms with van der Waals surface area (Å²) in [6, 6.07) is 8.06. The third kappa shape index (κ3) is 2.24. The summed E-state index contributed by atoms with van der Waals surface area (Å²) in [5.74, 6) is 0.866. The molecule has 1 heterocycles. The first-order chi connectivity index (χ1) is 8.69. The van der Waals surface area contributed by atoms with Crippen LogP contribution in [-0.2, 0) is 13.1 Å². The second-order valence-corrected chi connectivity index (χ2v) is 4.22. The van der Waals surface area contributed by atoms with Gasteiger partial charge in [-0.1, -0.05) is 0 Å². The van der Waals surface area contributed by atoms with Crippen LogP contribution in [0.25, 0.3) is 11.3 Å². The average Bonchev–Trinajstić information content (AvgIpc) is 2.81. The number of hydrogen-bond acceptors (Lipinski definition) is 3. The van der Waals surface area contributed by atoms with Crippen molar-refractivity contribution < 1.29 is 4.74 Å². The molecule has 0 spiro atoms. The van der Waals surface area contributed by atoms with E-state index in [1.165, 1.54) is 0 Å². The highest BCUT2D eigenvalue weighted by Crippen LogP contribution is 2.26. The predicted octanol–water partition coefficient (Wildman–Crippen LogP) is 2.35. The summed E-state index contributed by atoms with van der Waals surface area (Å²) in [6.45, 7) is 5.47. The summed E-state index contributed by atoms with van der Waals surface area (Å²) >= 11 is 0. The lowest BCUT2D eigenvalue weighted by Crippen LogP contribution is -2.06. The fraction of sp³-hybridized carbons (Fsp3) is 0.357. The first-order valence-electron chi connectivity index (χ1n) is 6.11. The van der Waals surface area contributed by atoms with Crippen molar-refractivity contribution in [1.29, 1.82) is 0 Å². The molecule has 0 aliphatic heterocycles. The summed E-state index contributed by atoms with van der Waals surface area (Å²) in [5.41, 5.74) is 10.0. The first kappa shape index (κ1) is 12.6. The molecule has 0 aliphatic rings. The van der Waals surface area contributed by atoms with E-state index in [4.69, 9.17) is 10.5 Å². The van der Waals surface area contributed by atoms with E-state index in [1.54, 1.807) is 7.11 Å². The van der Waals surface area contributed by atoms with Crippen LogP contribution < -0.4 is 10.5 Å². The number of aromatic nitrogens is 2. The van der Waals surface area contributed by atoms with E-state index >= 15 is 0 Å². The molecule has 2 rings (SSSR count). The Morgan fingerprint density at radius 1 is 1.33 bits per heavy atom. The first-order valence-corrected chi connectivity index (χ1v) is 6.11. The van der Waals surface area contributed by atoms with Gasteiger partial charge in [-0.05, 0) is 43.7 Å². The van der Waals surface area contributed by atoms with Gasteiger partial charge in [-0.25, -0.2) is 0 Å². The Kier molecular flexibility index (Phi) is 3.67. The van der Waals surface area contributed by atoms with Crippen molar-refractivity contribution in [2.24, 2.45) is 5.73 Å². The van der Waals surface area contributed by atoms with Gasteiger partial charge in [0.15, 0.2) is 0 Å². The molecule has 0 saturated heterocycles. The Hall–Kier alpha value is -1.81. The maximum absolute atomic E-state index is 5.72. The van der Waals surface area contributed by atoms with Crippen LogP contribution in [0.5, 0.6) is 5.75 Å². The average molecular weight is 245 g/mol. The van der Waals surface area contributed by atoms with E-state index < -0.39 is 0 Å². The van der Waals surface area contributed by atoms with Crippen molar-refractivity contribution >= 4 is 0 Å². The van der Waals surface area contributed by atoms with Crippen molar-refractivity contribution in [3.8, 4) is 17.0 Å². The molecule has 0 aliphatic carbocycles. The van der Waals surface area contributed by atoms with Crippen LogP contribution in [-0.4, -0.2) is 16.9 Å². The summed E-state index contributed by atoms with van der Waals surface area (Å²) in [7, 11) is 1.67. The minimum absolute atomic E-state index is 0.510. The van der Waals surface area contributed by atoms with E-state index in [0.29, 0.717) is 6.54 Å². The molecule has 0 radical (unpaired) electrons. The van der Waals surface area contributed by atoms with Crippen LogP contribution in [0, 0.1) is 6.92 Å². The third-order valence-electron chi connectivity index (χ3n) is 3.08. The summed E-state index contributed by atoms with van der Waals surface area (Å²) in [6.07, 6.45) is 0. The topological polar surface area (TPSA) is 53.1 Å². The Labute approximate surface area is 107 Å². The highest BCUT2D eigenvalue weighted by atomic mass is 16.5. The molecule has 1 aromatic heterocycles. The fourth-order valence-electron chi connectivity index (χ4n) is 2.08. The van der Waals surface area contributed by atoms with Crippen LogP contribution in [0.4, 0.5) is 0 Å². The standard InChI is InChI=1S/C14H19N3O/c1-4-17-11(9-15)8-14(16-17)13-6-5-12(18-3)7-10(13)2/h5-8H,4,9,15H2,1-3H3. The van der Waals surface area contributed by atoms with E-state index in [1.807, 2.05) is 22.9 Å². The van der Waals surface area contributed by atoms with Gasteiger partial charge in [-0.15, -0.1) is 0 Å². The Morgan fingerprint density at radius 2 is 2.11 bits per heavy atom. The molecule has 0 atom stereocenters. The summed E-state index contributed by atoms with van der Waals surface area (Å²) in [5, 5.41) is 4.58. The lowest BCUT2D eigenvalue weighted by Gasteiger charge is -2.05. The monoisotopic (exact) mass is 245 g/mol. The largest absolute Gasteiger partial charge is 0.497 e. The normalized spacial score (nSPS) is 10.7. The highest BCUT2D eigenvalue weighted by molar-refractivity contribution is 5.65. The van der Waals surface area contributed by atoms with Crippen molar-refractivity contribution in [2.75, 3.05) is 7.11 Å². The maximum Gasteiger partial charge on any atom is 0.119 e. The molecule has 0 amide bonds. The Bertz CT molecular complexity index is 524. The number of nitrogens with two attached hydrogens (primary N) is 1. The van der Waals surface area contributed by atoms with E-state index in [2.05, 4.69) is 25.0 Å². The summed E-state index contributed by atoms with van der Waals surface area (Å²) in [4.78, 5) is 0. The zero-order chi connectivity index (χ0) is 13.1. The quantitative estimate of drug-likeness (QED) is 0.899. The van der Waals surface area contributed by atoms with Crippen LogP contribution in [0.2, 0.25) is 0 Å². The van der Waals surface area contributed by atoms with Gasteiger partial charge in [-0.3, -0.25) is 4.68 Å². The molecular formula is C14H19N3O. The van der Waals surface area contributed by atoms with Gasteiger partial charge in [-0.2, -0.15) is 5.10 Å². The molecule has 0 saturated carbocycles. The second kappa shape index (κ2) is 5.23. The molecule has 1 aromatic carbocycles. The minimum atomic E-state index is 0.510. The molecule has 4 nitrogen and oxygen atoms in total. The Balaban J connectivity index is 2.45. The van der Waals surface area contributed by atoms with E-state index in [9.17, 15) is 0 Å². The number of benzene rings is 1. The van der Waals surface area contributed by atoms with E-state index in [0.717, 1.165) is 34.8 Å². The van der Waals surface area contributed by atoms with Crippen LogP contribution in [0.15, 0.2) is 24.3 Å². The molecule has 2 aromatic rings. The number of ether oxygens (including phenoxy) is 1. The van der Waals surface area contributed by atoms with Crippen molar-refractivity contribution in [3.05, 3.63) is 35.5 Å². The van der Waals surface area contributed by atoms with Gasteiger partial charge in [0.25, 0.3) is 0 Å². The van der Waals surface area contributed by atoms with Crippen molar-refractivity contribution in [2.45, 2.75) is 26.9 Å². The number of methoxy groups -OCH3 is 1.